The molecule has 0 saturated carbocycles. The monoisotopic (exact) mass is 239 g/mol. The molecule has 0 bridgehead atoms. The minimum atomic E-state index is -0.157. The van der Waals surface area contributed by atoms with Gasteiger partial charge in [-0.25, -0.2) is 4.79 Å². The second-order valence-corrected chi connectivity index (χ2v) is 5.49. The summed E-state index contributed by atoms with van der Waals surface area (Å²) in [5.41, 5.74) is -0.0863. The number of rotatable bonds is 5. The largest absolute Gasteiger partial charge is 0.449 e. The highest BCUT2D eigenvalue weighted by molar-refractivity contribution is 5.69. The summed E-state index contributed by atoms with van der Waals surface area (Å²) in [5, 5.41) is 0. The maximum Gasteiger partial charge on any atom is 0.410 e. The Hall–Kier alpha value is -0.990. The van der Waals surface area contributed by atoms with Crippen LogP contribution in [0.5, 0.6) is 0 Å². The lowest BCUT2D eigenvalue weighted by Crippen LogP contribution is -2.43. The van der Waals surface area contributed by atoms with Crippen LogP contribution in [0.25, 0.3) is 0 Å². The molecule has 0 N–H and O–H groups in total. The number of ether oxygens (including phenoxy) is 1. The van der Waals surface area contributed by atoms with Gasteiger partial charge < -0.3 is 9.64 Å². The molecule has 3 heteroatoms. The van der Waals surface area contributed by atoms with Crippen LogP contribution >= 0.6 is 0 Å². The van der Waals surface area contributed by atoms with Crippen molar-refractivity contribution < 1.29 is 9.53 Å². The number of carbonyl (C=O) groups is 1. The first-order valence-corrected chi connectivity index (χ1v) is 6.56. The highest BCUT2D eigenvalue weighted by Gasteiger charge is 2.41. The molecule has 0 radical (unpaired) electrons. The van der Waals surface area contributed by atoms with Crippen LogP contribution in [0, 0.1) is 5.92 Å². The maximum atomic E-state index is 12.0. The molecular weight excluding hydrogens is 214 g/mol. The second-order valence-electron chi connectivity index (χ2n) is 5.49. The van der Waals surface area contributed by atoms with Crippen molar-refractivity contribution in [1.82, 2.24) is 4.90 Å². The van der Waals surface area contributed by atoms with Gasteiger partial charge in [0.1, 0.15) is 0 Å². The Labute approximate surface area is 105 Å². The van der Waals surface area contributed by atoms with E-state index in [2.05, 4.69) is 27.4 Å². The first-order valence-electron chi connectivity index (χ1n) is 6.56. The number of unbranched alkanes of at least 4 members (excludes halogenated alkanes) is 1. The van der Waals surface area contributed by atoms with E-state index in [9.17, 15) is 4.79 Å². The van der Waals surface area contributed by atoms with Gasteiger partial charge in [0.15, 0.2) is 0 Å². The Morgan fingerprint density at radius 2 is 2.29 bits per heavy atom. The Kier molecular flexibility index (Phi) is 5.03. The third-order valence-electron chi connectivity index (χ3n) is 3.40. The van der Waals surface area contributed by atoms with Gasteiger partial charge in [-0.2, -0.15) is 0 Å². The van der Waals surface area contributed by atoms with E-state index in [4.69, 9.17) is 4.74 Å². The maximum absolute atomic E-state index is 12.0. The van der Waals surface area contributed by atoms with E-state index in [1.165, 1.54) is 0 Å². The molecule has 1 fully saturated rings. The summed E-state index contributed by atoms with van der Waals surface area (Å²) >= 11 is 0. The number of allylic oxidation sites excluding steroid dienone is 1. The van der Waals surface area contributed by atoms with Gasteiger partial charge in [-0.1, -0.05) is 19.4 Å². The molecule has 3 nitrogen and oxygen atoms in total. The number of hydrogen-bond donors (Lipinski definition) is 0. The van der Waals surface area contributed by atoms with Crippen LogP contribution in [0.4, 0.5) is 4.79 Å². The van der Waals surface area contributed by atoms with Crippen LogP contribution in [0.2, 0.25) is 0 Å². The number of hydrogen-bond acceptors (Lipinski definition) is 2. The molecule has 98 valence electrons. The lowest BCUT2D eigenvalue weighted by atomic mass is 9.94. The standard InChI is InChI=1S/C14H25NO2/c1-5-7-9-17-13(16)15-11-12(8-6-2)10-14(15,3)4/h6,12H,2,5,7-11H2,1,3-4H3. The van der Waals surface area contributed by atoms with Crippen molar-refractivity contribution in [1.29, 1.82) is 0 Å². The summed E-state index contributed by atoms with van der Waals surface area (Å²) in [4.78, 5) is 13.8. The Morgan fingerprint density at radius 1 is 1.59 bits per heavy atom. The molecule has 0 aromatic heterocycles. The zero-order valence-electron chi connectivity index (χ0n) is 11.4. The SMILES string of the molecule is C=CCC1CN(C(=O)OCCCC)C(C)(C)C1. The van der Waals surface area contributed by atoms with Crippen molar-refractivity contribution in [3.8, 4) is 0 Å². The predicted molar refractivity (Wildman–Crippen MR) is 70.0 cm³/mol. The fourth-order valence-electron chi connectivity index (χ4n) is 2.48. The minimum absolute atomic E-state index is 0.0863. The molecule has 0 aliphatic carbocycles. The van der Waals surface area contributed by atoms with Crippen molar-refractivity contribution in [2.45, 2.75) is 52.0 Å². The predicted octanol–water partition coefficient (Wildman–Crippen LogP) is 3.60. The number of carbonyl (C=O) groups excluding carboxylic acids is 1. The fraction of sp³-hybridized carbons (Fsp3) is 0.786. The van der Waals surface area contributed by atoms with Crippen LogP contribution in [-0.4, -0.2) is 29.7 Å². The zero-order chi connectivity index (χ0) is 12.9. The van der Waals surface area contributed by atoms with E-state index in [1.807, 2.05) is 11.0 Å². The summed E-state index contributed by atoms with van der Waals surface area (Å²) < 4.78 is 5.29. The average Bonchev–Trinajstić information content (AvgIpc) is 2.54. The van der Waals surface area contributed by atoms with E-state index < -0.39 is 0 Å². The summed E-state index contributed by atoms with van der Waals surface area (Å²) in [7, 11) is 0. The number of likely N-dealkylation sites (tertiary alicyclic amines) is 1. The van der Waals surface area contributed by atoms with Crippen LogP contribution in [0.15, 0.2) is 12.7 Å². The van der Waals surface area contributed by atoms with Gasteiger partial charge in [-0.05, 0) is 39.0 Å². The lowest BCUT2D eigenvalue weighted by molar-refractivity contribution is 0.0793. The quantitative estimate of drug-likeness (QED) is 0.542. The van der Waals surface area contributed by atoms with Crippen LogP contribution in [0.1, 0.15) is 46.5 Å². The number of nitrogens with zero attached hydrogens (tertiary/aromatic N) is 1. The van der Waals surface area contributed by atoms with Crippen LogP contribution in [0.3, 0.4) is 0 Å². The molecule has 1 amide bonds. The van der Waals surface area contributed by atoms with Crippen molar-refractivity contribution in [3.05, 3.63) is 12.7 Å². The van der Waals surface area contributed by atoms with E-state index in [0.29, 0.717) is 12.5 Å². The van der Waals surface area contributed by atoms with Gasteiger partial charge >= 0.3 is 6.09 Å². The third-order valence-corrected chi connectivity index (χ3v) is 3.40. The average molecular weight is 239 g/mol. The molecule has 1 heterocycles. The van der Waals surface area contributed by atoms with E-state index in [1.54, 1.807) is 0 Å². The minimum Gasteiger partial charge on any atom is -0.449 e. The molecule has 1 rings (SSSR count). The van der Waals surface area contributed by atoms with Crippen LogP contribution in [-0.2, 0) is 4.74 Å². The smallest absolute Gasteiger partial charge is 0.410 e. The molecular formula is C14H25NO2. The molecule has 0 aromatic rings. The van der Waals surface area contributed by atoms with E-state index >= 15 is 0 Å². The molecule has 1 aliphatic rings. The van der Waals surface area contributed by atoms with Crippen molar-refractivity contribution in [2.24, 2.45) is 5.92 Å². The molecule has 1 aliphatic heterocycles. The lowest BCUT2D eigenvalue weighted by Gasteiger charge is -2.30. The molecule has 1 atom stereocenters. The Morgan fingerprint density at radius 3 is 2.88 bits per heavy atom. The van der Waals surface area contributed by atoms with E-state index in [0.717, 1.165) is 32.2 Å². The summed E-state index contributed by atoms with van der Waals surface area (Å²) in [6.07, 6.45) is 5.78. The van der Waals surface area contributed by atoms with Gasteiger partial charge in [0.2, 0.25) is 0 Å². The van der Waals surface area contributed by atoms with Gasteiger partial charge in [0.25, 0.3) is 0 Å². The van der Waals surface area contributed by atoms with E-state index in [-0.39, 0.29) is 11.6 Å². The summed E-state index contributed by atoms with van der Waals surface area (Å²) in [5.74, 6) is 0.529. The molecule has 1 saturated heterocycles. The molecule has 0 spiro atoms. The molecule has 17 heavy (non-hydrogen) atoms. The van der Waals surface area contributed by atoms with Gasteiger partial charge in [0.05, 0.1) is 6.61 Å². The highest BCUT2D eigenvalue weighted by Crippen LogP contribution is 2.34. The zero-order valence-corrected chi connectivity index (χ0v) is 11.4. The summed E-state index contributed by atoms with van der Waals surface area (Å²) in [6.45, 7) is 11.4. The molecule has 0 aromatic carbocycles. The third kappa shape index (κ3) is 3.76. The normalized spacial score (nSPS) is 22.5. The summed E-state index contributed by atoms with van der Waals surface area (Å²) in [6, 6.07) is 0. The fourth-order valence-corrected chi connectivity index (χ4v) is 2.48. The van der Waals surface area contributed by atoms with Crippen LogP contribution < -0.4 is 0 Å². The molecule has 1 unspecified atom stereocenters. The topological polar surface area (TPSA) is 29.5 Å². The van der Waals surface area contributed by atoms with Crippen molar-refractivity contribution in [2.75, 3.05) is 13.2 Å². The first kappa shape index (κ1) is 14.1. The van der Waals surface area contributed by atoms with Crippen molar-refractivity contribution in [3.63, 3.8) is 0 Å². The van der Waals surface area contributed by atoms with Gasteiger partial charge in [0, 0.05) is 12.1 Å². The first-order chi connectivity index (χ1) is 8.01. The van der Waals surface area contributed by atoms with Gasteiger partial charge in [-0.3, -0.25) is 0 Å². The second kappa shape index (κ2) is 6.08. The Bertz CT molecular complexity index is 273. The highest BCUT2D eigenvalue weighted by atomic mass is 16.6. The van der Waals surface area contributed by atoms with Gasteiger partial charge in [-0.15, -0.1) is 6.58 Å². The van der Waals surface area contributed by atoms with Crippen molar-refractivity contribution >= 4 is 6.09 Å². The number of amides is 1. The Balaban J connectivity index is 2.51.